The molecule has 0 unspecified atom stereocenters. The van der Waals surface area contributed by atoms with Crippen LogP contribution < -0.4 is 0 Å². The Morgan fingerprint density at radius 3 is 2.34 bits per heavy atom. The van der Waals surface area contributed by atoms with E-state index in [1.807, 2.05) is 24.7 Å². The van der Waals surface area contributed by atoms with Crippen molar-refractivity contribution in [1.82, 2.24) is 19.4 Å². The zero-order valence-electron chi connectivity index (χ0n) is 18.8. The summed E-state index contributed by atoms with van der Waals surface area (Å²) in [6.07, 6.45) is 7.60. The van der Waals surface area contributed by atoms with Crippen LogP contribution in [0.3, 0.4) is 0 Å². The number of nitrogens with zero attached hydrogens (tertiary/aromatic N) is 4. The fraction of sp³-hybridized carbons (Fsp3) is 0.0645. The normalized spacial score (nSPS) is 13.5. The van der Waals surface area contributed by atoms with Gasteiger partial charge in [0.25, 0.3) is 0 Å². The second kappa shape index (κ2) is 6.10. The van der Waals surface area contributed by atoms with Crippen LogP contribution in [-0.2, 0) is 12.8 Å². The standard InChI is InChI=1S/C31H18N4/c1-2-5-21-17(4-1)10-18-13-25-19(12-24(18)21)11-20-14-28-29(15-26(20)25)35-30-23(6-3-8-33-30)22-7-9-32-16-27(22)31(35)34-28/h1-9,12-16H,10-11H2. The summed E-state index contributed by atoms with van der Waals surface area (Å²) in [6, 6.07) is 24.5. The Kier molecular flexibility index (Phi) is 3.11. The first-order valence-corrected chi connectivity index (χ1v) is 12.0. The summed E-state index contributed by atoms with van der Waals surface area (Å²) in [5.74, 6) is 0. The first kappa shape index (κ1) is 17.8. The van der Waals surface area contributed by atoms with E-state index in [1.54, 1.807) is 0 Å². The highest BCUT2D eigenvalue weighted by Crippen LogP contribution is 2.46. The Labute approximate surface area is 200 Å². The highest BCUT2D eigenvalue weighted by atomic mass is 15.1. The van der Waals surface area contributed by atoms with E-state index in [0.29, 0.717) is 0 Å². The summed E-state index contributed by atoms with van der Waals surface area (Å²) in [4.78, 5) is 14.3. The smallest absolute Gasteiger partial charge is 0.149 e. The largest absolute Gasteiger partial charge is 0.276 e. The van der Waals surface area contributed by atoms with Gasteiger partial charge in [0.2, 0.25) is 0 Å². The van der Waals surface area contributed by atoms with Gasteiger partial charge in [-0.25, -0.2) is 9.97 Å². The number of pyridine rings is 3. The van der Waals surface area contributed by atoms with Gasteiger partial charge in [-0.1, -0.05) is 24.3 Å². The molecule has 0 amide bonds. The maximum Gasteiger partial charge on any atom is 0.149 e. The van der Waals surface area contributed by atoms with Crippen molar-refractivity contribution in [3.8, 4) is 22.3 Å². The van der Waals surface area contributed by atoms with Crippen molar-refractivity contribution in [3.05, 3.63) is 108 Å². The van der Waals surface area contributed by atoms with Crippen molar-refractivity contribution in [3.63, 3.8) is 0 Å². The molecule has 4 heterocycles. The summed E-state index contributed by atoms with van der Waals surface area (Å²) in [6.45, 7) is 0. The molecule has 0 saturated carbocycles. The number of hydrogen-bond acceptors (Lipinski definition) is 3. The fourth-order valence-corrected chi connectivity index (χ4v) is 6.38. The fourth-order valence-electron chi connectivity index (χ4n) is 6.38. The van der Waals surface area contributed by atoms with Crippen LogP contribution in [0.25, 0.3) is 60.7 Å². The van der Waals surface area contributed by atoms with E-state index in [0.717, 1.165) is 51.3 Å². The van der Waals surface area contributed by atoms with E-state index in [9.17, 15) is 0 Å². The highest BCUT2D eigenvalue weighted by Gasteiger charge is 2.26. The van der Waals surface area contributed by atoms with Crippen LogP contribution in [0.5, 0.6) is 0 Å². The molecule has 0 saturated heterocycles. The van der Waals surface area contributed by atoms with E-state index in [2.05, 4.69) is 70.0 Å². The average molecular weight is 447 g/mol. The van der Waals surface area contributed by atoms with Gasteiger partial charge in [-0.2, -0.15) is 0 Å². The Morgan fingerprint density at radius 2 is 1.40 bits per heavy atom. The Bertz CT molecular complexity index is 2070. The zero-order valence-corrected chi connectivity index (χ0v) is 18.8. The predicted molar refractivity (Wildman–Crippen MR) is 140 cm³/mol. The minimum atomic E-state index is 0.919. The Morgan fingerprint density at radius 1 is 0.600 bits per heavy atom. The van der Waals surface area contributed by atoms with Gasteiger partial charge in [0.15, 0.2) is 0 Å². The van der Waals surface area contributed by atoms with Crippen molar-refractivity contribution in [2.45, 2.75) is 12.8 Å². The Hall–Kier alpha value is -4.57. The molecule has 162 valence electrons. The molecule has 0 N–H and O–H groups in total. The third kappa shape index (κ3) is 2.20. The van der Waals surface area contributed by atoms with E-state index >= 15 is 0 Å². The van der Waals surface area contributed by atoms with Gasteiger partial charge in [-0.3, -0.25) is 9.38 Å². The van der Waals surface area contributed by atoms with Crippen LogP contribution >= 0.6 is 0 Å². The van der Waals surface area contributed by atoms with E-state index in [-0.39, 0.29) is 0 Å². The SMILES string of the molecule is c1ccc2c(c1)Cc1cc3c(cc1-2)Cc1cc2nc4c5cnccc5c5cccnc5n4c2cc1-3. The lowest BCUT2D eigenvalue weighted by Crippen LogP contribution is -1.94. The molecule has 0 fully saturated rings. The second-order valence-electron chi connectivity index (χ2n) is 9.74. The summed E-state index contributed by atoms with van der Waals surface area (Å²) >= 11 is 0. The molecule has 9 rings (SSSR count). The molecular weight excluding hydrogens is 428 g/mol. The molecule has 2 aliphatic carbocycles. The number of benzene rings is 3. The molecule has 7 aromatic rings. The summed E-state index contributed by atoms with van der Waals surface area (Å²) < 4.78 is 2.22. The minimum absolute atomic E-state index is 0.919. The number of imidazole rings is 1. The number of aromatic nitrogens is 4. The number of rotatable bonds is 0. The molecule has 0 spiro atoms. The number of fused-ring (bicyclic) bond motifs is 14. The van der Waals surface area contributed by atoms with Crippen molar-refractivity contribution in [2.75, 3.05) is 0 Å². The molecule has 35 heavy (non-hydrogen) atoms. The van der Waals surface area contributed by atoms with Gasteiger partial charge in [0, 0.05) is 29.4 Å². The molecule has 4 aromatic heterocycles. The van der Waals surface area contributed by atoms with Gasteiger partial charge in [-0.15, -0.1) is 0 Å². The molecular formula is C31H18N4. The van der Waals surface area contributed by atoms with Gasteiger partial charge < -0.3 is 0 Å². The van der Waals surface area contributed by atoms with Crippen LogP contribution in [0.15, 0.2) is 85.3 Å². The first-order chi connectivity index (χ1) is 17.3. The molecule has 0 bridgehead atoms. The minimum Gasteiger partial charge on any atom is -0.276 e. The number of hydrogen-bond donors (Lipinski definition) is 0. The van der Waals surface area contributed by atoms with Crippen LogP contribution in [0, 0.1) is 0 Å². The summed E-state index contributed by atoms with van der Waals surface area (Å²) in [5, 5.41) is 3.31. The second-order valence-corrected chi connectivity index (χ2v) is 9.74. The zero-order chi connectivity index (χ0) is 22.7. The quantitative estimate of drug-likeness (QED) is 0.243. The van der Waals surface area contributed by atoms with Gasteiger partial charge >= 0.3 is 0 Å². The lowest BCUT2D eigenvalue weighted by molar-refractivity contribution is 1.23. The lowest BCUT2D eigenvalue weighted by Gasteiger charge is -2.08. The van der Waals surface area contributed by atoms with Crippen LogP contribution in [0.1, 0.15) is 22.3 Å². The average Bonchev–Trinajstić information content (AvgIpc) is 3.56. The molecule has 4 nitrogen and oxygen atoms in total. The van der Waals surface area contributed by atoms with E-state index in [1.165, 1.54) is 44.5 Å². The molecule has 0 atom stereocenters. The van der Waals surface area contributed by atoms with Crippen LogP contribution in [0.2, 0.25) is 0 Å². The third-order valence-electron chi connectivity index (χ3n) is 7.92. The van der Waals surface area contributed by atoms with Crippen molar-refractivity contribution in [1.29, 1.82) is 0 Å². The van der Waals surface area contributed by atoms with Gasteiger partial charge in [-0.05, 0) is 105 Å². The topological polar surface area (TPSA) is 43.1 Å². The van der Waals surface area contributed by atoms with Crippen LogP contribution in [0.4, 0.5) is 0 Å². The first-order valence-electron chi connectivity index (χ1n) is 12.0. The molecule has 2 aliphatic rings. The maximum atomic E-state index is 5.11. The summed E-state index contributed by atoms with van der Waals surface area (Å²) in [5.41, 5.74) is 15.1. The summed E-state index contributed by atoms with van der Waals surface area (Å²) in [7, 11) is 0. The lowest BCUT2D eigenvalue weighted by atomic mass is 9.98. The van der Waals surface area contributed by atoms with Gasteiger partial charge in [0.05, 0.1) is 11.0 Å². The Balaban J connectivity index is 1.35. The molecule has 0 aliphatic heterocycles. The third-order valence-corrected chi connectivity index (χ3v) is 7.92. The van der Waals surface area contributed by atoms with E-state index in [4.69, 9.17) is 9.97 Å². The van der Waals surface area contributed by atoms with Crippen molar-refractivity contribution in [2.24, 2.45) is 0 Å². The monoisotopic (exact) mass is 446 g/mol. The molecule has 4 heteroatoms. The van der Waals surface area contributed by atoms with E-state index < -0.39 is 0 Å². The van der Waals surface area contributed by atoms with Crippen molar-refractivity contribution >= 4 is 38.5 Å². The maximum absolute atomic E-state index is 5.11. The molecule has 3 aromatic carbocycles. The predicted octanol–water partition coefficient (Wildman–Crippen LogP) is 6.73. The van der Waals surface area contributed by atoms with Crippen LogP contribution in [-0.4, -0.2) is 19.4 Å². The van der Waals surface area contributed by atoms with Crippen molar-refractivity contribution < 1.29 is 0 Å². The van der Waals surface area contributed by atoms with Gasteiger partial charge in [0.1, 0.15) is 11.3 Å². The highest BCUT2D eigenvalue weighted by molar-refractivity contribution is 6.12. The molecule has 0 radical (unpaired) electrons.